The molecular formula is C49H58N4O12. The van der Waals surface area contributed by atoms with E-state index in [9.17, 15) is 29.7 Å². The van der Waals surface area contributed by atoms with Crippen molar-refractivity contribution in [3.8, 4) is 23.6 Å². The molecule has 16 nitrogen and oxygen atoms in total. The van der Waals surface area contributed by atoms with Crippen LogP contribution in [0.1, 0.15) is 67.2 Å². The molecule has 65 heavy (non-hydrogen) atoms. The molecule has 0 aromatic heterocycles. The Morgan fingerprint density at radius 3 is 1.23 bits per heavy atom. The molecular weight excluding hydrogens is 837 g/mol. The van der Waals surface area contributed by atoms with Crippen LogP contribution in [-0.2, 0) is 47.6 Å². The van der Waals surface area contributed by atoms with Crippen LogP contribution in [0.25, 0.3) is 21.5 Å². The summed E-state index contributed by atoms with van der Waals surface area (Å²) in [6, 6.07) is 21.5. The van der Waals surface area contributed by atoms with E-state index in [1.165, 1.54) is 0 Å². The number of fused-ring (bicyclic) bond motifs is 3. The van der Waals surface area contributed by atoms with Crippen molar-refractivity contribution in [3.05, 3.63) is 97.1 Å². The maximum atomic E-state index is 11.7. The number of aliphatic imine (C=N–C) groups is 2. The third-order valence-corrected chi connectivity index (χ3v) is 8.80. The average Bonchev–Trinajstić information content (AvgIpc) is 3.27. The first-order chi connectivity index (χ1) is 30.8. The van der Waals surface area contributed by atoms with Gasteiger partial charge < -0.3 is 37.9 Å². The van der Waals surface area contributed by atoms with Gasteiger partial charge in [-0.05, 0) is 87.4 Å². The van der Waals surface area contributed by atoms with Gasteiger partial charge in [-0.25, -0.2) is 29.2 Å². The van der Waals surface area contributed by atoms with Gasteiger partial charge >= 0.3 is 23.9 Å². The van der Waals surface area contributed by atoms with Crippen LogP contribution >= 0.6 is 0 Å². The van der Waals surface area contributed by atoms with Gasteiger partial charge in [-0.3, -0.25) is 0 Å². The Balaban J connectivity index is 0.000000479. The van der Waals surface area contributed by atoms with Gasteiger partial charge in [0.15, 0.2) is 11.1 Å². The molecule has 0 heterocycles. The number of carbonyl (C=O) groups is 4. The van der Waals surface area contributed by atoms with E-state index in [2.05, 4.69) is 54.4 Å². The number of benzene rings is 3. The monoisotopic (exact) mass is 894 g/mol. The van der Waals surface area contributed by atoms with Gasteiger partial charge in [-0.15, -0.1) is 0 Å². The van der Waals surface area contributed by atoms with Crippen LogP contribution in [0.3, 0.4) is 0 Å². The molecule has 3 rings (SSSR count). The Labute approximate surface area is 380 Å². The molecule has 0 bridgehead atoms. The van der Waals surface area contributed by atoms with Crippen LogP contribution in [0.2, 0.25) is 0 Å². The van der Waals surface area contributed by atoms with E-state index < -0.39 is 35.0 Å². The van der Waals surface area contributed by atoms with E-state index in [4.69, 9.17) is 37.9 Å². The van der Waals surface area contributed by atoms with Gasteiger partial charge in [0.1, 0.15) is 25.1 Å². The van der Waals surface area contributed by atoms with Crippen molar-refractivity contribution < 1.29 is 57.1 Å². The third kappa shape index (κ3) is 20.5. The molecule has 0 spiro atoms. The minimum atomic E-state index is -1.14. The molecule has 0 amide bonds. The summed E-state index contributed by atoms with van der Waals surface area (Å²) in [6.45, 7) is 25.3. The van der Waals surface area contributed by atoms with Crippen molar-refractivity contribution in [1.29, 1.82) is 10.5 Å². The van der Waals surface area contributed by atoms with Gasteiger partial charge in [-0.2, -0.15) is 10.5 Å². The van der Waals surface area contributed by atoms with Crippen molar-refractivity contribution in [3.63, 3.8) is 0 Å². The molecule has 0 fully saturated rings. The predicted octanol–water partition coefficient (Wildman–Crippen LogP) is 8.46. The zero-order valence-corrected chi connectivity index (χ0v) is 38.1. The van der Waals surface area contributed by atoms with Crippen LogP contribution < -0.4 is 9.47 Å². The maximum Gasteiger partial charge on any atom is 0.338 e. The van der Waals surface area contributed by atoms with Crippen LogP contribution in [0.15, 0.2) is 107 Å². The highest BCUT2D eigenvalue weighted by molar-refractivity contribution is 6.08. The highest BCUT2D eigenvalue weighted by Crippen LogP contribution is 2.31. The molecule has 346 valence electrons. The van der Waals surface area contributed by atoms with Crippen LogP contribution in [0.4, 0.5) is 0 Å². The van der Waals surface area contributed by atoms with Gasteiger partial charge in [-0.1, -0.05) is 50.6 Å². The highest BCUT2D eigenvalue weighted by atomic mass is 16.7. The second-order valence-electron chi connectivity index (χ2n) is 15.2. The van der Waals surface area contributed by atoms with E-state index in [1.54, 1.807) is 53.7 Å². The number of hydrogen-bond donors (Lipinski definition) is 0. The Morgan fingerprint density at radius 2 is 0.892 bits per heavy atom. The Bertz CT molecular complexity index is 2200. The highest BCUT2D eigenvalue weighted by Gasteiger charge is 2.24. The molecule has 3 aromatic rings. The molecule has 0 radical (unpaired) electrons. The normalized spacial score (nSPS) is 12.2. The largest absolute Gasteiger partial charge is 0.462 e. The maximum absolute atomic E-state index is 11.7. The van der Waals surface area contributed by atoms with E-state index in [-0.39, 0.29) is 52.9 Å². The Kier molecular flexibility index (Phi) is 23.5. The van der Waals surface area contributed by atoms with E-state index >= 15 is 0 Å². The molecule has 0 aliphatic rings. The second kappa shape index (κ2) is 28.1. The van der Waals surface area contributed by atoms with Crippen molar-refractivity contribution in [1.82, 2.24) is 0 Å². The quantitative estimate of drug-likeness (QED) is 0.0141. The predicted molar refractivity (Wildman–Crippen MR) is 244 cm³/mol. The first kappa shape index (κ1) is 54.4. The van der Waals surface area contributed by atoms with E-state index in [1.807, 2.05) is 36.4 Å². The van der Waals surface area contributed by atoms with Gasteiger partial charge in [0.25, 0.3) is 0 Å². The molecule has 0 N–H and O–H groups in total. The number of rotatable bonds is 26. The number of esters is 4. The zero-order valence-electron chi connectivity index (χ0n) is 38.1. The summed E-state index contributed by atoms with van der Waals surface area (Å²) in [5, 5.41) is 22.9. The van der Waals surface area contributed by atoms with Gasteiger partial charge in [0, 0.05) is 48.0 Å². The SMILES string of the molecule is C=C(C)C(=O)OCCCOCOCCC(C)(C#N)N=C=NC(C)(C#N)CCOCOCCCOC(=O)C(=C)C.C=C(C)C(=O)Oc1ccc2c(ccc3cc(OC(=O)C(=C)C)ccc32)c1. The standard InChI is InChI=1S/C27H40N4O8.C22H18O4/c1-22(2)24(32)38-13-7-11-34-20-36-15-9-26(5,17-28)30-19-31-27(6,18-29)10-16-37-21-35-12-8-14-39-25(33)23(3)4;1-13(2)21(23)25-17-7-9-19-15(11-17)5-6-16-12-18(8-10-20(16)19)26-22(24)14(3)4/h1,3,7-16,20-21H2,2,4-6H3;5-12H,1,3H2,2,4H3. The fourth-order valence-electron chi connectivity index (χ4n) is 4.86. The summed E-state index contributed by atoms with van der Waals surface area (Å²) in [4.78, 5) is 54.0. The van der Waals surface area contributed by atoms with Crippen LogP contribution in [-0.4, -0.2) is 94.2 Å². The minimum Gasteiger partial charge on any atom is -0.462 e. The topological polar surface area (TPSA) is 214 Å². The molecule has 2 atom stereocenters. The average molecular weight is 895 g/mol. The number of nitrogens with zero attached hydrogens (tertiary/aromatic N) is 4. The van der Waals surface area contributed by atoms with Crippen molar-refractivity contribution in [2.45, 2.75) is 78.3 Å². The summed E-state index contributed by atoms with van der Waals surface area (Å²) in [5.41, 5.74) is -0.899. The first-order valence-corrected chi connectivity index (χ1v) is 20.5. The number of hydrogen-bond acceptors (Lipinski definition) is 16. The third-order valence-electron chi connectivity index (χ3n) is 8.80. The number of carbonyl (C=O) groups excluding carboxylic acids is 4. The van der Waals surface area contributed by atoms with Crippen molar-refractivity contribution >= 4 is 51.4 Å². The van der Waals surface area contributed by atoms with Gasteiger partial charge in [0.05, 0.1) is 57.8 Å². The first-order valence-electron chi connectivity index (χ1n) is 20.5. The number of nitriles is 2. The van der Waals surface area contributed by atoms with Crippen LogP contribution in [0, 0.1) is 22.7 Å². The summed E-state index contributed by atoms with van der Waals surface area (Å²) in [5.74, 6) is -0.835. The lowest BCUT2D eigenvalue weighted by Crippen LogP contribution is -2.24. The molecule has 3 aromatic carbocycles. The number of ether oxygens (including phenoxy) is 8. The molecule has 2 unspecified atom stereocenters. The smallest absolute Gasteiger partial charge is 0.338 e. The molecule has 0 saturated carbocycles. The lowest BCUT2D eigenvalue weighted by Gasteiger charge is -2.16. The Hall–Kier alpha value is -6.78. The van der Waals surface area contributed by atoms with Gasteiger partial charge in [0.2, 0.25) is 0 Å². The molecule has 0 saturated heterocycles. The van der Waals surface area contributed by atoms with Crippen molar-refractivity contribution in [2.75, 3.05) is 53.2 Å². The molecule has 0 aliphatic heterocycles. The van der Waals surface area contributed by atoms with E-state index in [0.29, 0.717) is 59.8 Å². The van der Waals surface area contributed by atoms with Crippen molar-refractivity contribution in [2.24, 2.45) is 9.98 Å². The Morgan fingerprint density at radius 1 is 0.538 bits per heavy atom. The summed E-state index contributed by atoms with van der Waals surface area (Å²) in [7, 11) is 0. The summed E-state index contributed by atoms with van der Waals surface area (Å²) >= 11 is 0. The summed E-state index contributed by atoms with van der Waals surface area (Å²) in [6.07, 6.45) is 1.57. The van der Waals surface area contributed by atoms with E-state index in [0.717, 1.165) is 21.5 Å². The molecule has 16 heteroatoms. The summed E-state index contributed by atoms with van der Waals surface area (Å²) < 4.78 is 41.8. The second-order valence-corrected chi connectivity index (χ2v) is 15.2. The fraction of sp³-hybridized carbons (Fsp3) is 0.408. The minimum absolute atomic E-state index is 0.0203. The fourth-order valence-corrected chi connectivity index (χ4v) is 4.86. The molecule has 0 aliphatic carbocycles. The van der Waals surface area contributed by atoms with Crippen LogP contribution in [0.5, 0.6) is 11.5 Å². The zero-order chi connectivity index (χ0) is 48.4. The lowest BCUT2D eigenvalue weighted by molar-refractivity contribution is -0.140. The lowest BCUT2D eigenvalue weighted by atomic mass is 10.0.